The van der Waals surface area contributed by atoms with Gasteiger partial charge >= 0.3 is 0 Å². The number of carbonyl (C=O) groups excluding carboxylic acids is 2. The summed E-state index contributed by atoms with van der Waals surface area (Å²) in [7, 11) is 3.68. The highest BCUT2D eigenvalue weighted by Crippen LogP contribution is 2.42. The Balaban J connectivity index is 1.81. The van der Waals surface area contributed by atoms with Gasteiger partial charge in [0.25, 0.3) is 11.8 Å². The fourth-order valence-electron chi connectivity index (χ4n) is 4.19. The molecule has 0 radical (unpaired) electrons. The number of benzene rings is 2. The number of alkyl halides is 2. The van der Waals surface area contributed by atoms with Crippen LogP contribution in [0.1, 0.15) is 17.3 Å². The number of aryl methyl sites for hydroxylation is 1. The fourth-order valence-corrected chi connectivity index (χ4v) is 4.19. The highest BCUT2D eigenvalue weighted by molar-refractivity contribution is 6.09. The van der Waals surface area contributed by atoms with E-state index in [1.54, 1.807) is 38.2 Å². The number of anilines is 2. The second-order valence-electron chi connectivity index (χ2n) is 8.82. The fraction of sp³-hybridized carbons (Fsp3) is 0.214. The Morgan fingerprint density at radius 3 is 2.21 bits per heavy atom. The van der Waals surface area contributed by atoms with E-state index in [-0.39, 0.29) is 11.5 Å². The lowest BCUT2D eigenvalue weighted by atomic mass is 9.97. The van der Waals surface area contributed by atoms with E-state index >= 15 is 0 Å². The summed E-state index contributed by atoms with van der Waals surface area (Å²) >= 11 is 0. The predicted molar refractivity (Wildman–Crippen MR) is 146 cm³/mol. The Morgan fingerprint density at radius 2 is 1.63 bits per heavy atom. The van der Waals surface area contributed by atoms with Gasteiger partial charge in [-0.25, -0.2) is 18.7 Å². The summed E-state index contributed by atoms with van der Waals surface area (Å²) in [6.07, 6.45) is 1.48. The van der Waals surface area contributed by atoms with Crippen LogP contribution >= 0.6 is 0 Å². The molecule has 2 aromatic carbocycles. The second kappa shape index (κ2) is 11.2. The second-order valence-corrected chi connectivity index (χ2v) is 8.82. The summed E-state index contributed by atoms with van der Waals surface area (Å²) in [6.45, 7) is 3.33. The Kier molecular flexibility index (Phi) is 7.80. The number of nitrogens with zero attached hydrogens (tertiary/aromatic N) is 3. The summed E-state index contributed by atoms with van der Waals surface area (Å²) in [5.74, 6) is -0.181. The zero-order valence-corrected chi connectivity index (χ0v) is 21.3. The lowest BCUT2D eigenvalue weighted by molar-refractivity contribution is -0.112. The Hall–Kier alpha value is -4.60. The molecule has 4 rings (SSSR count). The van der Waals surface area contributed by atoms with E-state index in [0.29, 0.717) is 22.7 Å². The van der Waals surface area contributed by atoms with E-state index in [9.17, 15) is 18.4 Å². The predicted octanol–water partition coefficient (Wildman–Crippen LogP) is 4.90. The van der Waals surface area contributed by atoms with Crippen LogP contribution in [0.15, 0.2) is 67.0 Å². The molecule has 8 nitrogen and oxygen atoms in total. The molecular formula is C28H28F2N6O2. The number of nitrogens with one attached hydrogen (secondary N) is 3. The van der Waals surface area contributed by atoms with Gasteiger partial charge in [0.05, 0.1) is 17.1 Å². The van der Waals surface area contributed by atoms with Crippen LogP contribution in [0.25, 0.3) is 33.4 Å². The monoisotopic (exact) mass is 518 g/mol. The molecule has 0 spiro atoms. The largest absolute Gasteiger partial charge is 0.372 e. The maximum atomic E-state index is 12.9. The van der Waals surface area contributed by atoms with E-state index in [0.717, 1.165) is 27.8 Å². The van der Waals surface area contributed by atoms with Gasteiger partial charge < -0.3 is 20.5 Å². The summed E-state index contributed by atoms with van der Waals surface area (Å²) in [5, 5.41) is 9.06. The van der Waals surface area contributed by atoms with Crippen molar-refractivity contribution in [3.63, 3.8) is 0 Å². The average molecular weight is 519 g/mol. The van der Waals surface area contributed by atoms with Crippen molar-refractivity contribution in [3.05, 3.63) is 72.6 Å². The van der Waals surface area contributed by atoms with Crippen LogP contribution in [0.4, 0.5) is 20.3 Å². The van der Waals surface area contributed by atoms with Crippen LogP contribution in [0.3, 0.4) is 0 Å². The minimum absolute atomic E-state index is 0.259. The first-order valence-corrected chi connectivity index (χ1v) is 11.9. The molecule has 4 aromatic rings. The number of carbonyl (C=O) groups is 2. The van der Waals surface area contributed by atoms with E-state index in [2.05, 4.69) is 32.5 Å². The first-order valence-electron chi connectivity index (χ1n) is 11.9. The smallest absolute Gasteiger partial charge is 0.251 e. The van der Waals surface area contributed by atoms with Crippen LogP contribution < -0.4 is 16.0 Å². The third kappa shape index (κ3) is 5.10. The summed E-state index contributed by atoms with van der Waals surface area (Å²) in [5.41, 5.74) is 5.37. The highest BCUT2D eigenvalue weighted by atomic mass is 19.1. The van der Waals surface area contributed by atoms with Crippen molar-refractivity contribution in [1.29, 1.82) is 0 Å². The van der Waals surface area contributed by atoms with Gasteiger partial charge in [-0.2, -0.15) is 0 Å². The molecule has 0 atom stereocenters. The maximum absolute atomic E-state index is 12.9. The van der Waals surface area contributed by atoms with Crippen molar-refractivity contribution in [2.45, 2.75) is 13.0 Å². The molecule has 10 heteroatoms. The van der Waals surface area contributed by atoms with Gasteiger partial charge in [0.1, 0.15) is 31.1 Å². The molecule has 0 aliphatic heterocycles. The van der Waals surface area contributed by atoms with E-state index < -0.39 is 25.3 Å². The van der Waals surface area contributed by atoms with Crippen LogP contribution in [0.5, 0.6) is 0 Å². The van der Waals surface area contributed by atoms with Gasteiger partial charge in [-0.1, -0.05) is 30.8 Å². The number of hydrogen-bond acceptors (Lipinski definition) is 5. The molecule has 0 saturated carbocycles. The van der Waals surface area contributed by atoms with Gasteiger partial charge in [-0.15, -0.1) is 0 Å². The lowest BCUT2D eigenvalue weighted by Gasteiger charge is -2.13. The minimum atomic E-state index is -1.18. The highest BCUT2D eigenvalue weighted by Gasteiger charge is 2.23. The molecule has 0 aliphatic rings. The maximum Gasteiger partial charge on any atom is 0.251 e. The van der Waals surface area contributed by atoms with Crippen molar-refractivity contribution < 1.29 is 18.4 Å². The normalized spacial score (nSPS) is 11.0. The van der Waals surface area contributed by atoms with Crippen molar-refractivity contribution in [3.8, 4) is 22.4 Å². The lowest BCUT2D eigenvalue weighted by Crippen LogP contribution is -2.37. The third-order valence-electron chi connectivity index (χ3n) is 6.15. The molecular weight excluding hydrogens is 490 g/mol. The van der Waals surface area contributed by atoms with Crippen molar-refractivity contribution >= 4 is 34.4 Å². The molecule has 3 N–H and O–H groups in total. The number of halogens is 2. The first-order chi connectivity index (χ1) is 18.3. The zero-order chi connectivity index (χ0) is 27.4. The molecule has 0 fully saturated rings. The molecule has 38 heavy (non-hydrogen) atoms. The molecule has 0 unspecified atom stereocenters. The van der Waals surface area contributed by atoms with Crippen LogP contribution in [-0.4, -0.2) is 52.8 Å². The standard InChI is InChI=1S/C28H28F2N6O2/c1-16(2)27(37)34-20-11-9-18(10-12-20)24-22(23-25(31-3)32-15-33-26(23)36(24)4)17-5-7-19(8-6-17)28(38)35-21(13-29)14-30/h5-12,15,21H,1,13-14H2,2-4H3,(H,34,37)(H,35,38)(H,31,32,33). The summed E-state index contributed by atoms with van der Waals surface area (Å²) in [6, 6.07) is 13.0. The summed E-state index contributed by atoms with van der Waals surface area (Å²) in [4.78, 5) is 33.4. The van der Waals surface area contributed by atoms with Crippen LogP contribution in [-0.2, 0) is 11.8 Å². The van der Waals surface area contributed by atoms with Gasteiger partial charge in [-0.3, -0.25) is 9.59 Å². The quantitative estimate of drug-likeness (QED) is 0.274. The Morgan fingerprint density at radius 1 is 1.00 bits per heavy atom. The van der Waals surface area contributed by atoms with Crippen LogP contribution in [0, 0.1) is 0 Å². The average Bonchev–Trinajstić information content (AvgIpc) is 3.24. The summed E-state index contributed by atoms with van der Waals surface area (Å²) < 4.78 is 27.7. The van der Waals surface area contributed by atoms with Gasteiger partial charge in [0, 0.05) is 36.5 Å². The van der Waals surface area contributed by atoms with E-state index in [1.165, 1.54) is 6.33 Å². The molecule has 196 valence electrons. The van der Waals surface area contributed by atoms with Crippen molar-refractivity contribution in [2.24, 2.45) is 7.05 Å². The number of aromatic nitrogens is 3. The molecule has 0 saturated heterocycles. The zero-order valence-electron chi connectivity index (χ0n) is 21.3. The van der Waals surface area contributed by atoms with Gasteiger partial charge in [0.15, 0.2) is 0 Å². The molecule has 0 aliphatic carbocycles. The minimum Gasteiger partial charge on any atom is -0.372 e. The van der Waals surface area contributed by atoms with E-state index in [1.807, 2.05) is 35.9 Å². The third-order valence-corrected chi connectivity index (χ3v) is 6.15. The molecule has 0 bridgehead atoms. The van der Waals surface area contributed by atoms with Crippen molar-refractivity contribution in [1.82, 2.24) is 19.9 Å². The van der Waals surface area contributed by atoms with Crippen molar-refractivity contribution in [2.75, 3.05) is 31.0 Å². The number of amides is 2. The number of rotatable bonds is 9. The van der Waals surface area contributed by atoms with E-state index in [4.69, 9.17) is 0 Å². The Bertz CT molecular complexity index is 1490. The van der Waals surface area contributed by atoms with Gasteiger partial charge in [-0.05, 0) is 42.3 Å². The molecule has 2 heterocycles. The number of fused-ring (bicyclic) bond motifs is 1. The molecule has 2 aromatic heterocycles. The Labute approximate surface area is 218 Å². The topological polar surface area (TPSA) is 101 Å². The van der Waals surface area contributed by atoms with Gasteiger partial charge in [0.2, 0.25) is 0 Å². The number of hydrogen-bond donors (Lipinski definition) is 3. The van der Waals surface area contributed by atoms with Crippen LogP contribution in [0.2, 0.25) is 0 Å². The SMILES string of the molecule is C=C(C)C(=O)Nc1ccc(-c2c(-c3ccc(C(=O)NC(CF)CF)cc3)c3c(NC)ncnc3n2C)cc1. The first kappa shape index (κ1) is 26.5. The molecule has 2 amide bonds.